The van der Waals surface area contributed by atoms with E-state index in [1.165, 1.54) is 0 Å². The first kappa shape index (κ1) is 14.3. The molecule has 1 aliphatic heterocycles. The van der Waals surface area contributed by atoms with Crippen molar-refractivity contribution in [2.75, 3.05) is 20.3 Å². The second-order valence-corrected chi connectivity index (χ2v) is 5.67. The molecule has 0 fully saturated rings. The van der Waals surface area contributed by atoms with Crippen molar-refractivity contribution in [1.29, 1.82) is 0 Å². The third-order valence-corrected chi connectivity index (χ3v) is 3.72. The fraction of sp³-hybridized carbons (Fsp3) is 0.375. The summed E-state index contributed by atoms with van der Waals surface area (Å²) in [5, 5.41) is 3.61. The smallest absolute Gasteiger partial charge is 0.193 e. The quantitative estimate of drug-likeness (QED) is 0.940. The van der Waals surface area contributed by atoms with Gasteiger partial charge in [0.2, 0.25) is 0 Å². The summed E-state index contributed by atoms with van der Waals surface area (Å²) in [6, 6.07) is 9.48. The summed E-state index contributed by atoms with van der Waals surface area (Å²) < 4.78 is 17.1. The molecule has 2 aromatic rings. The van der Waals surface area contributed by atoms with E-state index in [1.54, 1.807) is 6.07 Å². The Kier molecular flexibility index (Phi) is 4.08. The minimum atomic E-state index is -0.0768. The van der Waals surface area contributed by atoms with Crippen molar-refractivity contribution in [1.82, 2.24) is 5.32 Å². The van der Waals surface area contributed by atoms with Gasteiger partial charge >= 0.3 is 0 Å². The molecular weight excluding hydrogens is 290 g/mol. The van der Waals surface area contributed by atoms with Gasteiger partial charge < -0.3 is 19.2 Å². The van der Waals surface area contributed by atoms with E-state index in [0.29, 0.717) is 24.4 Å². The molecule has 2 unspecified atom stereocenters. The zero-order valence-corrected chi connectivity index (χ0v) is 12.8. The Hall–Kier alpha value is -1.65. The lowest BCUT2D eigenvalue weighted by molar-refractivity contribution is 0.228. The van der Waals surface area contributed by atoms with Crippen LogP contribution in [0.3, 0.4) is 0 Å². The molecule has 0 aliphatic carbocycles. The molecule has 2 heterocycles. The average Bonchev–Trinajstić information content (AvgIpc) is 2.81. The van der Waals surface area contributed by atoms with Crippen molar-refractivity contribution in [3.05, 3.63) is 46.9 Å². The van der Waals surface area contributed by atoms with Gasteiger partial charge in [-0.2, -0.15) is 0 Å². The molecule has 2 atom stereocenters. The van der Waals surface area contributed by atoms with E-state index in [4.69, 9.17) is 25.5 Å². The summed E-state index contributed by atoms with van der Waals surface area (Å²) in [6.07, 6.45) is 0. The molecule has 1 aromatic carbocycles. The molecule has 0 amide bonds. The number of furan rings is 1. The minimum absolute atomic E-state index is 0.0768. The highest BCUT2D eigenvalue weighted by atomic mass is 35.5. The van der Waals surface area contributed by atoms with Crippen LogP contribution in [0.25, 0.3) is 0 Å². The van der Waals surface area contributed by atoms with E-state index in [0.717, 1.165) is 22.8 Å². The summed E-state index contributed by atoms with van der Waals surface area (Å²) in [4.78, 5) is 0. The summed E-state index contributed by atoms with van der Waals surface area (Å²) in [5.74, 6) is 2.71. The fourth-order valence-corrected chi connectivity index (χ4v) is 2.56. The molecule has 0 spiro atoms. The molecule has 0 saturated heterocycles. The van der Waals surface area contributed by atoms with E-state index < -0.39 is 0 Å². The van der Waals surface area contributed by atoms with Crippen LogP contribution >= 0.6 is 11.6 Å². The van der Waals surface area contributed by atoms with Gasteiger partial charge in [0, 0.05) is 5.92 Å². The number of hydrogen-bond donors (Lipinski definition) is 1. The van der Waals surface area contributed by atoms with Crippen LogP contribution in [0.4, 0.5) is 0 Å². The van der Waals surface area contributed by atoms with Crippen molar-refractivity contribution < 1.29 is 13.9 Å². The zero-order valence-electron chi connectivity index (χ0n) is 12.1. The maximum atomic E-state index is 5.86. The van der Waals surface area contributed by atoms with Gasteiger partial charge in [0.1, 0.15) is 5.76 Å². The molecule has 112 valence electrons. The highest BCUT2D eigenvalue weighted by molar-refractivity contribution is 6.28. The summed E-state index contributed by atoms with van der Waals surface area (Å²) >= 11 is 5.86. The van der Waals surface area contributed by atoms with E-state index in [2.05, 4.69) is 12.2 Å². The average molecular weight is 308 g/mol. The topological polar surface area (TPSA) is 43.6 Å². The van der Waals surface area contributed by atoms with Crippen molar-refractivity contribution in [2.45, 2.75) is 13.0 Å². The van der Waals surface area contributed by atoms with Crippen molar-refractivity contribution in [3.8, 4) is 11.5 Å². The Labute approximate surface area is 129 Å². The third-order valence-electron chi connectivity index (χ3n) is 3.51. The summed E-state index contributed by atoms with van der Waals surface area (Å²) in [7, 11) is 1.88. The van der Waals surface area contributed by atoms with Crippen LogP contribution in [0.2, 0.25) is 5.22 Å². The van der Waals surface area contributed by atoms with Gasteiger partial charge in [0.25, 0.3) is 0 Å². The number of halogens is 1. The standard InChI is InChI=1S/C16H18ClNO3/c1-10-8-19-12-4-3-11(7-14(12)20-9-10)16(18-2)13-5-6-15(17)21-13/h3-7,10,16,18H,8-9H2,1-2H3. The molecular formula is C16H18ClNO3. The zero-order chi connectivity index (χ0) is 14.8. The molecule has 1 aromatic heterocycles. The first-order valence-electron chi connectivity index (χ1n) is 6.99. The minimum Gasteiger partial charge on any atom is -0.489 e. The van der Waals surface area contributed by atoms with Crippen LogP contribution in [0.5, 0.6) is 11.5 Å². The Morgan fingerprint density at radius 1 is 1.14 bits per heavy atom. The van der Waals surface area contributed by atoms with Gasteiger partial charge in [-0.15, -0.1) is 0 Å². The van der Waals surface area contributed by atoms with Crippen LogP contribution < -0.4 is 14.8 Å². The first-order chi connectivity index (χ1) is 10.2. The van der Waals surface area contributed by atoms with E-state index in [9.17, 15) is 0 Å². The number of benzene rings is 1. The highest BCUT2D eigenvalue weighted by Crippen LogP contribution is 2.35. The molecule has 1 N–H and O–H groups in total. The van der Waals surface area contributed by atoms with Crippen molar-refractivity contribution >= 4 is 11.6 Å². The molecule has 4 nitrogen and oxygen atoms in total. The Morgan fingerprint density at radius 2 is 1.90 bits per heavy atom. The lowest BCUT2D eigenvalue weighted by Crippen LogP contribution is -2.17. The number of ether oxygens (including phenoxy) is 2. The lowest BCUT2D eigenvalue weighted by atomic mass is 10.0. The number of rotatable bonds is 3. The van der Waals surface area contributed by atoms with Crippen LogP contribution in [0, 0.1) is 5.92 Å². The largest absolute Gasteiger partial charge is 0.489 e. The Balaban J connectivity index is 1.92. The molecule has 3 rings (SSSR count). The van der Waals surface area contributed by atoms with Crippen molar-refractivity contribution in [2.24, 2.45) is 5.92 Å². The number of hydrogen-bond acceptors (Lipinski definition) is 4. The highest BCUT2D eigenvalue weighted by Gasteiger charge is 2.20. The third kappa shape index (κ3) is 3.01. The van der Waals surface area contributed by atoms with Gasteiger partial charge in [-0.25, -0.2) is 0 Å². The number of fused-ring (bicyclic) bond motifs is 1. The summed E-state index contributed by atoms with van der Waals surface area (Å²) in [6.45, 7) is 3.44. The molecule has 5 heteroatoms. The first-order valence-corrected chi connectivity index (χ1v) is 7.37. The van der Waals surface area contributed by atoms with E-state index in [-0.39, 0.29) is 6.04 Å². The Bertz CT molecular complexity index is 626. The van der Waals surface area contributed by atoms with Crippen LogP contribution in [0.1, 0.15) is 24.3 Å². The monoisotopic (exact) mass is 307 g/mol. The van der Waals surface area contributed by atoms with E-state index in [1.807, 2.05) is 31.3 Å². The second-order valence-electron chi connectivity index (χ2n) is 5.30. The summed E-state index contributed by atoms with van der Waals surface area (Å²) in [5.41, 5.74) is 1.04. The van der Waals surface area contributed by atoms with Crippen LogP contribution in [-0.4, -0.2) is 20.3 Å². The van der Waals surface area contributed by atoms with Gasteiger partial charge in [-0.1, -0.05) is 13.0 Å². The lowest BCUT2D eigenvalue weighted by Gasteiger charge is -2.16. The molecule has 0 bridgehead atoms. The maximum Gasteiger partial charge on any atom is 0.193 e. The van der Waals surface area contributed by atoms with Crippen molar-refractivity contribution in [3.63, 3.8) is 0 Å². The number of nitrogens with one attached hydrogen (secondary N) is 1. The maximum absolute atomic E-state index is 5.86. The predicted octanol–water partition coefficient (Wildman–Crippen LogP) is 3.65. The van der Waals surface area contributed by atoms with Crippen LogP contribution in [0.15, 0.2) is 34.7 Å². The fourth-order valence-electron chi connectivity index (χ4n) is 2.41. The normalized spacial score (nSPS) is 19.1. The van der Waals surface area contributed by atoms with E-state index >= 15 is 0 Å². The van der Waals surface area contributed by atoms with Gasteiger partial charge in [-0.05, 0) is 48.5 Å². The van der Waals surface area contributed by atoms with Gasteiger partial charge in [0.15, 0.2) is 16.7 Å². The van der Waals surface area contributed by atoms with Gasteiger partial charge in [0.05, 0.1) is 19.3 Å². The van der Waals surface area contributed by atoms with Crippen LogP contribution in [-0.2, 0) is 0 Å². The molecule has 21 heavy (non-hydrogen) atoms. The molecule has 0 saturated carbocycles. The second kappa shape index (κ2) is 6.00. The van der Waals surface area contributed by atoms with Gasteiger partial charge in [-0.3, -0.25) is 0 Å². The predicted molar refractivity (Wildman–Crippen MR) is 81.2 cm³/mol. The Morgan fingerprint density at radius 3 is 2.57 bits per heavy atom. The SMILES string of the molecule is CNC(c1ccc2c(c1)OCC(C)CO2)c1ccc(Cl)o1. The molecule has 1 aliphatic rings. The molecule has 0 radical (unpaired) electrons.